The number of amides is 2. The standard InChI is InChI=1S/C28H37ClFN7O4/c29-27-32-24(23(30)25(33-27)37-11-10-36-12-13-40-18-22(36)16-37)34-35-26(38)21(14-19-6-4-5-7-19)15-31-28(39)41-17-20-8-2-1-3-9-20/h1-3,8-9,19,21-22H,4-7,10-18H2,(H,31,39)(H,35,38)(H,32,33,34)/t21-,22-/m1/s1. The summed E-state index contributed by atoms with van der Waals surface area (Å²) in [6.07, 6.45) is 4.31. The van der Waals surface area contributed by atoms with Crippen LogP contribution < -0.4 is 21.1 Å². The number of hydrazine groups is 1. The molecule has 3 fully saturated rings. The number of alkyl carbamates (subject to hydrolysis) is 1. The molecule has 1 aromatic carbocycles. The summed E-state index contributed by atoms with van der Waals surface area (Å²) in [5.41, 5.74) is 6.06. The number of carbonyl (C=O) groups excluding carboxylic acids is 2. The molecule has 1 aliphatic carbocycles. The number of nitrogens with one attached hydrogen (secondary N) is 3. The third kappa shape index (κ3) is 7.96. The summed E-state index contributed by atoms with van der Waals surface area (Å²) in [4.78, 5) is 37.9. The van der Waals surface area contributed by atoms with Crippen molar-refractivity contribution in [3.05, 3.63) is 47.0 Å². The van der Waals surface area contributed by atoms with Crippen LogP contribution in [-0.2, 0) is 20.9 Å². The van der Waals surface area contributed by atoms with E-state index in [0.717, 1.165) is 44.3 Å². The van der Waals surface area contributed by atoms with Gasteiger partial charge in [0.05, 0.1) is 25.2 Å². The molecule has 2 aromatic rings. The van der Waals surface area contributed by atoms with Crippen LogP contribution in [0.3, 0.4) is 0 Å². The zero-order valence-corrected chi connectivity index (χ0v) is 23.7. The number of rotatable bonds is 10. The zero-order chi connectivity index (χ0) is 28.6. The quantitative estimate of drug-likeness (QED) is 0.283. The Morgan fingerprint density at radius 2 is 1.95 bits per heavy atom. The van der Waals surface area contributed by atoms with Gasteiger partial charge in [-0.2, -0.15) is 14.4 Å². The van der Waals surface area contributed by atoms with Gasteiger partial charge in [-0.15, -0.1) is 0 Å². The van der Waals surface area contributed by atoms with Crippen LogP contribution in [0.2, 0.25) is 5.28 Å². The Labute approximate surface area is 244 Å². The molecule has 11 nitrogen and oxygen atoms in total. The maximum atomic E-state index is 15.6. The van der Waals surface area contributed by atoms with Crippen molar-refractivity contribution >= 4 is 35.2 Å². The van der Waals surface area contributed by atoms with Crippen molar-refractivity contribution in [1.29, 1.82) is 0 Å². The molecule has 3 N–H and O–H groups in total. The molecule has 0 radical (unpaired) electrons. The van der Waals surface area contributed by atoms with E-state index >= 15 is 4.39 Å². The number of nitrogens with zero attached hydrogens (tertiary/aromatic N) is 4. The number of hydrogen-bond acceptors (Lipinski definition) is 9. The minimum atomic E-state index is -0.699. The predicted molar refractivity (Wildman–Crippen MR) is 152 cm³/mol. The molecule has 13 heteroatoms. The lowest BCUT2D eigenvalue weighted by atomic mass is 9.92. The van der Waals surface area contributed by atoms with Crippen LogP contribution in [0.5, 0.6) is 0 Å². The van der Waals surface area contributed by atoms with Gasteiger partial charge < -0.3 is 19.7 Å². The van der Waals surface area contributed by atoms with Crippen molar-refractivity contribution in [2.24, 2.45) is 11.8 Å². The number of fused-ring (bicyclic) bond motifs is 1. The van der Waals surface area contributed by atoms with Crippen LogP contribution in [0.1, 0.15) is 37.7 Å². The normalized spacial score (nSPS) is 20.2. The number of morpholine rings is 1. The van der Waals surface area contributed by atoms with Crippen LogP contribution in [0.25, 0.3) is 0 Å². The van der Waals surface area contributed by atoms with Crippen LogP contribution >= 0.6 is 11.6 Å². The maximum Gasteiger partial charge on any atom is 0.407 e. The van der Waals surface area contributed by atoms with Gasteiger partial charge in [0, 0.05) is 32.7 Å². The number of halogens is 2. The van der Waals surface area contributed by atoms with E-state index in [4.69, 9.17) is 21.1 Å². The third-order valence-corrected chi connectivity index (χ3v) is 8.19. The van der Waals surface area contributed by atoms with Gasteiger partial charge >= 0.3 is 6.09 Å². The average Bonchev–Trinajstić information content (AvgIpc) is 3.52. The van der Waals surface area contributed by atoms with E-state index in [1.54, 1.807) is 0 Å². The second-order valence-electron chi connectivity index (χ2n) is 10.8. The first-order valence-corrected chi connectivity index (χ1v) is 14.6. The molecule has 2 atom stereocenters. The Hall–Kier alpha value is -3.22. The Balaban J connectivity index is 1.19. The van der Waals surface area contributed by atoms with Crippen molar-refractivity contribution in [1.82, 2.24) is 25.6 Å². The maximum absolute atomic E-state index is 15.6. The predicted octanol–water partition coefficient (Wildman–Crippen LogP) is 3.36. The molecule has 222 valence electrons. The molecular formula is C28H37ClFN7O4. The van der Waals surface area contributed by atoms with E-state index in [-0.39, 0.29) is 42.0 Å². The number of hydrogen-bond donors (Lipinski definition) is 3. The first-order chi connectivity index (χ1) is 20.0. The molecular weight excluding hydrogens is 553 g/mol. The van der Waals surface area contributed by atoms with E-state index in [0.29, 0.717) is 38.6 Å². The fourth-order valence-electron chi connectivity index (χ4n) is 5.78. The van der Waals surface area contributed by atoms with E-state index in [1.165, 1.54) is 0 Å². The highest BCUT2D eigenvalue weighted by Gasteiger charge is 2.32. The zero-order valence-electron chi connectivity index (χ0n) is 23.0. The molecule has 0 spiro atoms. The number of aromatic nitrogens is 2. The fourth-order valence-corrected chi connectivity index (χ4v) is 5.94. The fraction of sp³-hybridized carbons (Fsp3) is 0.571. The summed E-state index contributed by atoms with van der Waals surface area (Å²) in [6.45, 7) is 4.24. The summed E-state index contributed by atoms with van der Waals surface area (Å²) < 4.78 is 26.4. The van der Waals surface area contributed by atoms with Crippen molar-refractivity contribution in [2.45, 2.75) is 44.8 Å². The van der Waals surface area contributed by atoms with Crippen molar-refractivity contribution < 1.29 is 23.5 Å². The van der Waals surface area contributed by atoms with Gasteiger partial charge in [-0.3, -0.25) is 20.5 Å². The van der Waals surface area contributed by atoms with Gasteiger partial charge in [-0.25, -0.2) is 4.79 Å². The molecule has 1 saturated carbocycles. The smallest absolute Gasteiger partial charge is 0.407 e. The van der Waals surface area contributed by atoms with Gasteiger partial charge in [0.2, 0.25) is 17.0 Å². The van der Waals surface area contributed by atoms with Crippen molar-refractivity contribution in [2.75, 3.05) is 56.3 Å². The van der Waals surface area contributed by atoms with Gasteiger partial charge in [-0.05, 0) is 29.5 Å². The topological polar surface area (TPSA) is 121 Å². The van der Waals surface area contributed by atoms with Crippen molar-refractivity contribution in [3.8, 4) is 0 Å². The second-order valence-corrected chi connectivity index (χ2v) is 11.2. The van der Waals surface area contributed by atoms with Crippen LogP contribution in [0.15, 0.2) is 30.3 Å². The van der Waals surface area contributed by atoms with Gasteiger partial charge in [0.15, 0.2) is 11.6 Å². The lowest BCUT2D eigenvalue weighted by Crippen LogP contribution is -2.58. The number of ether oxygens (including phenoxy) is 2. The molecule has 0 bridgehead atoms. The molecule has 3 heterocycles. The first kappa shape index (κ1) is 29.3. The highest BCUT2D eigenvalue weighted by Crippen LogP contribution is 2.31. The number of carbonyl (C=O) groups is 2. The summed E-state index contributed by atoms with van der Waals surface area (Å²) in [6, 6.07) is 9.50. The molecule has 0 unspecified atom stereocenters. The molecule has 1 aromatic heterocycles. The van der Waals surface area contributed by atoms with Gasteiger partial charge in [-0.1, -0.05) is 56.0 Å². The molecule has 2 amide bonds. The lowest BCUT2D eigenvalue weighted by molar-refractivity contribution is -0.124. The summed E-state index contributed by atoms with van der Waals surface area (Å²) in [7, 11) is 0. The molecule has 2 aliphatic heterocycles. The third-order valence-electron chi connectivity index (χ3n) is 8.02. The Morgan fingerprint density at radius 3 is 2.76 bits per heavy atom. The summed E-state index contributed by atoms with van der Waals surface area (Å²) >= 11 is 6.16. The monoisotopic (exact) mass is 589 g/mol. The largest absolute Gasteiger partial charge is 0.445 e. The molecule has 5 rings (SSSR count). The summed E-state index contributed by atoms with van der Waals surface area (Å²) in [5.74, 6) is -1.39. The minimum absolute atomic E-state index is 0.0808. The first-order valence-electron chi connectivity index (χ1n) is 14.3. The minimum Gasteiger partial charge on any atom is -0.445 e. The van der Waals surface area contributed by atoms with E-state index in [2.05, 4.69) is 31.0 Å². The summed E-state index contributed by atoms with van der Waals surface area (Å²) in [5, 5.41) is 2.58. The average molecular weight is 590 g/mol. The Bertz CT molecular complexity index is 1190. The highest BCUT2D eigenvalue weighted by atomic mass is 35.5. The number of benzene rings is 1. The Morgan fingerprint density at radius 1 is 1.15 bits per heavy atom. The molecule has 3 aliphatic rings. The number of anilines is 2. The van der Waals surface area contributed by atoms with E-state index < -0.39 is 17.8 Å². The van der Waals surface area contributed by atoms with E-state index in [1.807, 2.05) is 35.2 Å². The molecule has 41 heavy (non-hydrogen) atoms. The van der Waals surface area contributed by atoms with Crippen LogP contribution in [0, 0.1) is 17.7 Å². The van der Waals surface area contributed by atoms with Crippen molar-refractivity contribution in [3.63, 3.8) is 0 Å². The molecule has 2 saturated heterocycles. The van der Waals surface area contributed by atoms with Crippen LogP contribution in [0.4, 0.5) is 20.8 Å². The van der Waals surface area contributed by atoms with Gasteiger partial charge in [0.25, 0.3) is 0 Å². The SMILES string of the molecule is O=C(NC[C@@H](CC1CCCC1)C(=O)NNc1nc(Cl)nc(N2CCN3CCOC[C@H]3C2)c1F)OCc1ccccc1. The Kier molecular flexibility index (Phi) is 10.1. The highest BCUT2D eigenvalue weighted by molar-refractivity contribution is 6.28. The number of piperazine rings is 1. The van der Waals surface area contributed by atoms with Crippen LogP contribution in [-0.4, -0.2) is 78.8 Å². The lowest BCUT2D eigenvalue weighted by Gasteiger charge is -2.44. The van der Waals surface area contributed by atoms with E-state index in [9.17, 15) is 9.59 Å². The second kappa shape index (κ2) is 14.1. The van der Waals surface area contributed by atoms with Gasteiger partial charge in [0.1, 0.15) is 6.61 Å².